The molecule has 0 aliphatic rings. The average Bonchev–Trinajstić information content (AvgIpc) is 2.70. The zero-order valence-electron chi connectivity index (χ0n) is 16.8. The van der Waals surface area contributed by atoms with Crippen molar-refractivity contribution >= 4 is 30.6 Å². The number of anilines is 2. The van der Waals surface area contributed by atoms with Crippen molar-refractivity contribution < 1.29 is 22.3 Å². The van der Waals surface area contributed by atoms with Crippen molar-refractivity contribution in [3.63, 3.8) is 0 Å². The Labute approximate surface area is 184 Å². The van der Waals surface area contributed by atoms with Gasteiger partial charge in [0.2, 0.25) is 0 Å². The second-order valence-electron chi connectivity index (χ2n) is 7.08. The predicted molar refractivity (Wildman–Crippen MR) is 119 cm³/mol. The van der Waals surface area contributed by atoms with E-state index < -0.39 is 19.2 Å². The van der Waals surface area contributed by atoms with Gasteiger partial charge in [0, 0.05) is 11.4 Å². The number of halogens is 4. The van der Waals surface area contributed by atoms with Crippen LogP contribution in [0.1, 0.15) is 22.1 Å². The highest BCUT2D eigenvalue weighted by Crippen LogP contribution is 2.48. The van der Waals surface area contributed by atoms with E-state index in [2.05, 4.69) is 10.2 Å². The highest BCUT2D eigenvalue weighted by molar-refractivity contribution is 7.62. The molecule has 0 fully saturated rings. The van der Waals surface area contributed by atoms with Crippen molar-refractivity contribution in [3.8, 4) is 5.75 Å². The van der Waals surface area contributed by atoms with E-state index in [1.54, 1.807) is 24.3 Å². The molecular formula is C22H21ClF3N2O2P. The van der Waals surface area contributed by atoms with Crippen LogP contribution in [0.25, 0.3) is 0 Å². The van der Waals surface area contributed by atoms with Gasteiger partial charge in [-0.25, -0.2) is 4.57 Å². The summed E-state index contributed by atoms with van der Waals surface area (Å²) < 4.78 is 58.3. The number of benzene rings is 3. The first-order valence-electron chi connectivity index (χ1n) is 9.34. The molecule has 0 aliphatic carbocycles. The van der Waals surface area contributed by atoms with Crippen LogP contribution in [0.4, 0.5) is 24.5 Å². The van der Waals surface area contributed by atoms with Crippen LogP contribution in [-0.4, -0.2) is 6.18 Å². The van der Waals surface area contributed by atoms with Crippen molar-refractivity contribution in [2.45, 2.75) is 25.4 Å². The second-order valence-corrected chi connectivity index (χ2v) is 9.24. The highest BCUT2D eigenvalue weighted by atomic mass is 35.5. The summed E-state index contributed by atoms with van der Waals surface area (Å²) >= 11 is 5.53. The lowest BCUT2D eigenvalue weighted by atomic mass is 10.1. The molecule has 0 spiro atoms. The Morgan fingerprint density at radius 2 is 1.35 bits per heavy atom. The molecule has 3 aromatic carbocycles. The number of hydrogen-bond acceptors (Lipinski definition) is 2. The van der Waals surface area contributed by atoms with Crippen LogP contribution in [0.15, 0.2) is 72.8 Å². The molecule has 1 atom stereocenters. The van der Waals surface area contributed by atoms with E-state index in [1.807, 2.05) is 38.1 Å². The maximum atomic E-state index is 13.7. The molecular weight excluding hydrogens is 448 g/mol. The minimum absolute atomic E-state index is 0.0186. The summed E-state index contributed by atoms with van der Waals surface area (Å²) in [6.45, 7) is 3.83. The molecule has 3 rings (SSSR count). The van der Waals surface area contributed by atoms with Gasteiger partial charge in [0.15, 0.2) is 5.38 Å². The summed E-state index contributed by atoms with van der Waals surface area (Å²) in [6.07, 6.45) is -4.62. The molecule has 0 radical (unpaired) electrons. The third-order valence-electron chi connectivity index (χ3n) is 4.33. The van der Waals surface area contributed by atoms with E-state index in [9.17, 15) is 17.7 Å². The molecule has 0 bridgehead atoms. The average molecular weight is 469 g/mol. The molecule has 1 unspecified atom stereocenters. The SMILES string of the molecule is Cc1ccc(NP(=O)(Nc2ccc(C)cc2)Oc2cccc(C(Cl)C(F)(F)F)c2)cc1. The largest absolute Gasteiger partial charge is 0.444 e. The number of nitrogens with one attached hydrogen (secondary N) is 2. The van der Waals surface area contributed by atoms with Crippen molar-refractivity contribution in [2.24, 2.45) is 0 Å². The van der Waals surface area contributed by atoms with Gasteiger partial charge in [-0.1, -0.05) is 47.5 Å². The molecule has 0 saturated heterocycles. The fourth-order valence-electron chi connectivity index (χ4n) is 2.74. The molecule has 31 heavy (non-hydrogen) atoms. The minimum Gasteiger partial charge on any atom is -0.414 e. The predicted octanol–water partition coefficient (Wildman–Crippen LogP) is 7.86. The molecule has 4 nitrogen and oxygen atoms in total. The number of alkyl halides is 4. The van der Waals surface area contributed by atoms with Crippen LogP contribution in [0.3, 0.4) is 0 Å². The maximum absolute atomic E-state index is 13.7. The van der Waals surface area contributed by atoms with Crippen molar-refractivity contribution in [2.75, 3.05) is 10.2 Å². The summed E-state index contributed by atoms with van der Waals surface area (Å²) in [5, 5.41) is 3.48. The molecule has 3 aromatic rings. The van der Waals surface area contributed by atoms with Crippen molar-refractivity contribution in [3.05, 3.63) is 89.5 Å². The van der Waals surface area contributed by atoms with Crippen LogP contribution in [0, 0.1) is 13.8 Å². The monoisotopic (exact) mass is 468 g/mol. The Bertz CT molecular complexity index is 1020. The van der Waals surface area contributed by atoms with Gasteiger partial charge < -0.3 is 4.52 Å². The molecule has 2 N–H and O–H groups in total. The van der Waals surface area contributed by atoms with Gasteiger partial charge in [0.05, 0.1) is 0 Å². The fourth-order valence-corrected chi connectivity index (χ4v) is 4.41. The van der Waals surface area contributed by atoms with E-state index in [4.69, 9.17) is 16.1 Å². The molecule has 0 aromatic heterocycles. The van der Waals surface area contributed by atoms with Crippen molar-refractivity contribution in [1.29, 1.82) is 0 Å². The zero-order chi connectivity index (χ0) is 22.6. The van der Waals surface area contributed by atoms with Crippen LogP contribution >= 0.6 is 19.3 Å². The Kier molecular flexibility index (Phi) is 6.87. The lowest BCUT2D eigenvalue weighted by molar-refractivity contribution is -0.131. The van der Waals surface area contributed by atoms with Crippen LogP contribution in [-0.2, 0) is 4.57 Å². The zero-order valence-corrected chi connectivity index (χ0v) is 18.4. The van der Waals surface area contributed by atoms with E-state index in [0.717, 1.165) is 17.2 Å². The fraction of sp³-hybridized carbons (Fsp3) is 0.182. The Morgan fingerprint density at radius 3 is 1.81 bits per heavy atom. The molecule has 0 heterocycles. The second kappa shape index (κ2) is 9.25. The standard InChI is InChI=1S/C22H21ClF3N2O2P/c1-15-6-10-18(11-7-15)27-31(29,28-19-12-8-16(2)9-13-19)30-20-5-3-4-17(14-20)21(23)22(24,25)26/h3-14,21H,1-2H3,(H2,27,28,29). The molecule has 164 valence electrons. The first kappa shape index (κ1) is 23.0. The first-order valence-corrected chi connectivity index (χ1v) is 11.4. The van der Waals surface area contributed by atoms with Gasteiger partial charge in [0.25, 0.3) is 0 Å². The quantitative estimate of drug-likeness (QED) is 0.274. The van der Waals surface area contributed by atoms with Gasteiger partial charge in [0.1, 0.15) is 5.75 Å². The van der Waals surface area contributed by atoms with Gasteiger partial charge in [-0.2, -0.15) is 13.2 Å². The summed E-state index contributed by atoms with van der Waals surface area (Å²) in [5.74, 6) is -0.0186. The topological polar surface area (TPSA) is 50.4 Å². The summed E-state index contributed by atoms with van der Waals surface area (Å²) in [5.41, 5.74) is 2.87. The molecule has 0 saturated carbocycles. The third kappa shape index (κ3) is 6.42. The Morgan fingerprint density at radius 1 is 0.871 bits per heavy atom. The first-order chi connectivity index (χ1) is 14.5. The molecule has 0 aliphatic heterocycles. The summed E-state index contributed by atoms with van der Waals surface area (Å²) in [7, 11) is -3.83. The lowest BCUT2D eigenvalue weighted by Crippen LogP contribution is -2.16. The van der Waals surface area contributed by atoms with E-state index >= 15 is 0 Å². The maximum Gasteiger partial charge on any atom is 0.444 e. The lowest BCUT2D eigenvalue weighted by Gasteiger charge is -2.23. The van der Waals surface area contributed by atoms with Crippen LogP contribution in [0.5, 0.6) is 5.75 Å². The van der Waals surface area contributed by atoms with E-state index in [-0.39, 0.29) is 11.3 Å². The van der Waals surface area contributed by atoms with Crippen LogP contribution < -0.4 is 14.7 Å². The number of aryl methyl sites for hydroxylation is 2. The van der Waals surface area contributed by atoms with E-state index in [1.165, 1.54) is 18.2 Å². The molecule has 0 amide bonds. The minimum atomic E-state index is -4.62. The Hall–Kier alpha value is -2.63. The Balaban J connectivity index is 1.91. The molecule has 9 heteroatoms. The van der Waals surface area contributed by atoms with E-state index in [0.29, 0.717) is 11.4 Å². The van der Waals surface area contributed by atoms with Gasteiger partial charge in [-0.15, -0.1) is 11.6 Å². The third-order valence-corrected chi connectivity index (χ3v) is 6.40. The number of rotatable bonds is 7. The van der Waals surface area contributed by atoms with Crippen molar-refractivity contribution in [1.82, 2.24) is 0 Å². The van der Waals surface area contributed by atoms with Crippen LogP contribution in [0.2, 0.25) is 0 Å². The summed E-state index contributed by atoms with van der Waals surface area (Å²) in [6, 6.07) is 19.4. The number of hydrogen-bond donors (Lipinski definition) is 2. The van der Waals surface area contributed by atoms with Gasteiger partial charge in [-0.3, -0.25) is 10.2 Å². The highest BCUT2D eigenvalue weighted by Gasteiger charge is 2.39. The van der Waals surface area contributed by atoms with Gasteiger partial charge in [-0.05, 0) is 55.8 Å². The smallest absolute Gasteiger partial charge is 0.414 e. The normalized spacial score (nSPS) is 12.8. The summed E-state index contributed by atoms with van der Waals surface area (Å²) in [4.78, 5) is 0. The van der Waals surface area contributed by atoms with Gasteiger partial charge >= 0.3 is 13.8 Å².